The van der Waals surface area contributed by atoms with Crippen molar-refractivity contribution in [1.82, 2.24) is 5.32 Å². The maximum absolute atomic E-state index is 9.91. The van der Waals surface area contributed by atoms with Crippen LogP contribution >= 0.6 is 22.7 Å². The van der Waals surface area contributed by atoms with Gasteiger partial charge >= 0.3 is 0 Å². The Bertz CT molecular complexity index is 356. The van der Waals surface area contributed by atoms with Crippen molar-refractivity contribution < 1.29 is 5.11 Å². The lowest BCUT2D eigenvalue weighted by atomic mass is 10.2. The smallest absolute Gasteiger partial charge is 0.101 e. The van der Waals surface area contributed by atoms with Crippen LogP contribution in [0, 0.1) is 0 Å². The van der Waals surface area contributed by atoms with Gasteiger partial charge in [0.25, 0.3) is 0 Å². The van der Waals surface area contributed by atoms with Gasteiger partial charge in [-0.2, -0.15) is 11.3 Å². The number of hydrogen-bond donors (Lipinski definition) is 2. The fourth-order valence-electron chi connectivity index (χ4n) is 1.51. The fraction of sp³-hybridized carbons (Fsp3) is 0.333. The highest BCUT2D eigenvalue weighted by Gasteiger charge is 2.11. The molecule has 0 bridgehead atoms. The molecule has 16 heavy (non-hydrogen) atoms. The second kappa shape index (κ2) is 5.59. The zero-order chi connectivity index (χ0) is 11.4. The van der Waals surface area contributed by atoms with Crippen LogP contribution in [0.3, 0.4) is 0 Å². The first-order valence-corrected chi connectivity index (χ1v) is 7.06. The van der Waals surface area contributed by atoms with E-state index in [1.807, 2.05) is 17.5 Å². The molecule has 2 N–H and O–H groups in total. The summed E-state index contributed by atoms with van der Waals surface area (Å²) < 4.78 is 0. The second-order valence-electron chi connectivity index (χ2n) is 3.72. The van der Waals surface area contributed by atoms with Crippen molar-refractivity contribution in [2.24, 2.45) is 0 Å². The van der Waals surface area contributed by atoms with Crippen LogP contribution in [-0.2, 0) is 0 Å². The van der Waals surface area contributed by atoms with Crippen molar-refractivity contribution in [2.75, 3.05) is 6.54 Å². The number of nitrogens with one attached hydrogen (secondary N) is 1. The number of rotatable bonds is 5. The molecule has 0 amide bonds. The van der Waals surface area contributed by atoms with Crippen LogP contribution in [0.25, 0.3) is 0 Å². The zero-order valence-electron chi connectivity index (χ0n) is 9.09. The predicted octanol–water partition coefficient (Wildman–Crippen LogP) is 3.19. The van der Waals surface area contributed by atoms with Gasteiger partial charge in [-0.1, -0.05) is 6.07 Å². The van der Waals surface area contributed by atoms with Crippen molar-refractivity contribution in [2.45, 2.75) is 19.1 Å². The molecule has 0 aliphatic heterocycles. The first-order chi connectivity index (χ1) is 7.77. The Hall–Kier alpha value is -0.680. The fourth-order valence-corrected chi connectivity index (χ4v) is 2.98. The molecular formula is C12H15NOS2. The molecule has 2 nitrogen and oxygen atoms in total. The number of thiophene rings is 2. The molecule has 86 valence electrons. The lowest BCUT2D eigenvalue weighted by molar-refractivity contribution is 0.174. The Morgan fingerprint density at radius 2 is 2.25 bits per heavy atom. The van der Waals surface area contributed by atoms with Crippen LogP contribution in [0.1, 0.15) is 29.5 Å². The minimum atomic E-state index is -0.402. The van der Waals surface area contributed by atoms with Crippen LogP contribution in [0.15, 0.2) is 34.3 Å². The maximum Gasteiger partial charge on any atom is 0.101 e. The molecule has 0 aliphatic carbocycles. The quantitative estimate of drug-likeness (QED) is 0.857. The van der Waals surface area contributed by atoms with Gasteiger partial charge in [0.2, 0.25) is 0 Å². The van der Waals surface area contributed by atoms with Crippen molar-refractivity contribution in [1.29, 1.82) is 0 Å². The van der Waals surface area contributed by atoms with E-state index in [4.69, 9.17) is 0 Å². The Morgan fingerprint density at radius 1 is 1.38 bits per heavy atom. The van der Waals surface area contributed by atoms with Crippen LogP contribution in [0.2, 0.25) is 0 Å². The van der Waals surface area contributed by atoms with Crippen LogP contribution in [-0.4, -0.2) is 11.7 Å². The monoisotopic (exact) mass is 253 g/mol. The molecular weight excluding hydrogens is 238 g/mol. The van der Waals surface area contributed by atoms with E-state index in [-0.39, 0.29) is 0 Å². The lowest BCUT2D eigenvalue weighted by Crippen LogP contribution is -2.23. The van der Waals surface area contributed by atoms with Gasteiger partial charge in [0, 0.05) is 17.5 Å². The number of aliphatic hydroxyl groups is 1. The summed E-state index contributed by atoms with van der Waals surface area (Å²) in [5.41, 5.74) is 1.28. The number of aliphatic hydroxyl groups excluding tert-OH is 1. The zero-order valence-corrected chi connectivity index (χ0v) is 10.7. The molecule has 2 atom stereocenters. The summed E-state index contributed by atoms with van der Waals surface area (Å²) in [5.74, 6) is 0. The van der Waals surface area contributed by atoms with Gasteiger partial charge in [0.1, 0.15) is 6.10 Å². The van der Waals surface area contributed by atoms with Gasteiger partial charge in [0.05, 0.1) is 0 Å². The summed E-state index contributed by atoms with van der Waals surface area (Å²) in [4.78, 5) is 1.02. The van der Waals surface area contributed by atoms with Crippen LogP contribution in [0.4, 0.5) is 0 Å². The highest BCUT2D eigenvalue weighted by atomic mass is 32.1. The maximum atomic E-state index is 9.91. The molecule has 0 spiro atoms. The minimum Gasteiger partial charge on any atom is -0.386 e. The molecule has 0 saturated carbocycles. The second-order valence-corrected chi connectivity index (χ2v) is 5.48. The van der Waals surface area contributed by atoms with E-state index in [0.29, 0.717) is 12.6 Å². The van der Waals surface area contributed by atoms with Crippen molar-refractivity contribution in [3.8, 4) is 0 Å². The van der Waals surface area contributed by atoms with Gasteiger partial charge in [-0.15, -0.1) is 11.3 Å². The summed E-state index contributed by atoms with van der Waals surface area (Å²) in [6.07, 6.45) is -0.402. The highest BCUT2D eigenvalue weighted by molar-refractivity contribution is 7.10. The molecule has 0 fully saturated rings. The SMILES string of the molecule is CC(NCC(O)c1cccs1)c1ccsc1. The van der Waals surface area contributed by atoms with Gasteiger partial charge in [-0.25, -0.2) is 0 Å². The minimum absolute atomic E-state index is 0.292. The summed E-state index contributed by atoms with van der Waals surface area (Å²) in [6.45, 7) is 2.71. The summed E-state index contributed by atoms with van der Waals surface area (Å²) in [6, 6.07) is 6.33. The van der Waals surface area contributed by atoms with E-state index in [9.17, 15) is 5.11 Å². The molecule has 0 saturated heterocycles. The third-order valence-corrected chi connectivity index (χ3v) is 4.21. The van der Waals surface area contributed by atoms with E-state index in [1.54, 1.807) is 22.7 Å². The van der Waals surface area contributed by atoms with Crippen molar-refractivity contribution in [3.05, 3.63) is 44.8 Å². The average Bonchev–Trinajstić information content (AvgIpc) is 2.95. The van der Waals surface area contributed by atoms with Crippen molar-refractivity contribution >= 4 is 22.7 Å². The van der Waals surface area contributed by atoms with Crippen molar-refractivity contribution in [3.63, 3.8) is 0 Å². The molecule has 2 unspecified atom stereocenters. The summed E-state index contributed by atoms with van der Waals surface area (Å²) in [7, 11) is 0. The van der Waals surface area contributed by atoms with Crippen LogP contribution in [0.5, 0.6) is 0 Å². The van der Waals surface area contributed by atoms with E-state index >= 15 is 0 Å². The third-order valence-electron chi connectivity index (χ3n) is 2.53. The summed E-state index contributed by atoms with van der Waals surface area (Å²) in [5, 5.41) is 19.4. The van der Waals surface area contributed by atoms with Crippen LogP contribution < -0.4 is 5.32 Å². The van der Waals surface area contributed by atoms with E-state index in [1.165, 1.54) is 5.56 Å². The summed E-state index contributed by atoms with van der Waals surface area (Å²) >= 11 is 3.29. The largest absolute Gasteiger partial charge is 0.386 e. The third kappa shape index (κ3) is 2.92. The van der Waals surface area contributed by atoms with Gasteiger partial charge < -0.3 is 10.4 Å². The molecule has 2 heterocycles. The molecule has 2 rings (SSSR count). The molecule has 0 aliphatic rings. The van der Waals surface area contributed by atoms with E-state index in [0.717, 1.165) is 4.88 Å². The molecule has 2 aromatic heterocycles. The Morgan fingerprint density at radius 3 is 2.88 bits per heavy atom. The molecule has 0 radical (unpaired) electrons. The topological polar surface area (TPSA) is 32.3 Å². The average molecular weight is 253 g/mol. The Labute approximate surface area is 104 Å². The first kappa shape index (κ1) is 11.8. The Balaban J connectivity index is 1.84. The highest BCUT2D eigenvalue weighted by Crippen LogP contribution is 2.20. The number of hydrogen-bond acceptors (Lipinski definition) is 4. The lowest BCUT2D eigenvalue weighted by Gasteiger charge is -2.15. The van der Waals surface area contributed by atoms with E-state index in [2.05, 4.69) is 29.1 Å². The normalized spacial score (nSPS) is 14.9. The Kier molecular flexibility index (Phi) is 4.12. The first-order valence-electron chi connectivity index (χ1n) is 5.24. The molecule has 2 aromatic rings. The van der Waals surface area contributed by atoms with Gasteiger partial charge in [-0.05, 0) is 40.8 Å². The van der Waals surface area contributed by atoms with Gasteiger partial charge in [0.15, 0.2) is 0 Å². The standard InChI is InChI=1S/C12H15NOS2/c1-9(10-4-6-15-8-10)13-7-11(14)12-3-2-5-16-12/h2-6,8-9,11,13-14H,7H2,1H3. The van der Waals surface area contributed by atoms with E-state index < -0.39 is 6.10 Å². The van der Waals surface area contributed by atoms with Gasteiger partial charge in [-0.3, -0.25) is 0 Å². The molecule has 0 aromatic carbocycles. The molecule has 4 heteroatoms. The predicted molar refractivity (Wildman–Crippen MR) is 70.0 cm³/mol.